The predicted octanol–water partition coefficient (Wildman–Crippen LogP) is 2.49. The van der Waals surface area contributed by atoms with E-state index in [2.05, 4.69) is 21.2 Å². The molecule has 0 saturated carbocycles. The second-order valence-electron chi connectivity index (χ2n) is 5.34. The first-order valence-corrected chi connectivity index (χ1v) is 8.27. The summed E-state index contributed by atoms with van der Waals surface area (Å²) in [6, 6.07) is 7.49. The molecule has 1 unspecified atom stereocenters. The number of ether oxygens (including phenoxy) is 1. The minimum absolute atomic E-state index is 0.0586. The first-order valence-electron chi connectivity index (χ1n) is 7.48. The molecule has 1 aromatic rings. The smallest absolute Gasteiger partial charge is 0.223 e. The maximum absolute atomic E-state index is 11.9. The topological polar surface area (TPSA) is 58.6 Å². The fraction of sp³-hybridized carbons (Fsp3) is 0.500. The molecule has 1 fully saturated rings. The molecule has 22 heavy (non-hydrogen) atoms. The van der Waals surface area contributed by atoms with Crippen molar-refractivity contribution in [2.75, 3.05) is 24.6 Å². The van der Waals surface area contributed by atoms with Crippen LogP contribution in [0, 0.1) is 0 Å². The number of anilines is 1. The van der Waals surface area contributed by atoms with Crippen LogP contribution in [-0.4, -0.2) is 37.6 Å². The lowest BCUT2D eigenvalue weighted by Gasteiger charge is -2.21. The second-order valence-corrected chi connectivity index (χ2v) is 6.26. The fourth-order valence-electron chi connectivity index (χ4n) is 2.45. The van der Waals surface area contributed by atoms with Gasteiger partial charge < -0.3 is 15.0 Å². The van der Waals surface area contributed by atoms with Gasteiger partial charge in [-0.2, -0.15) is 0 Å². The van der Waals surface area contributed by atoms with E-state index in [0.29, 0.717) is 13.1 Å². The third-order valence-electron chi connectivity index (χ3n) is 3.61. The van der Waals surface area contributed by atoms with Gasteiger partial charge in [0, 0.05) is 43.2 Å². The molecule has 0 aliphatic carbocycles. The van der Waals surface area contributed by atoms with Crippen molar-refractivity contribution in [1.29, 1.82) is 0 Å². The van der Waals surface area contributed by atoms with Gasteiger partial charge in [-0.25, -0.2) is 0 Å². The van der Waals surface area contributed by atoms with Crippen molar-refractivity contribution in [3.63, 3.8) is 0 Å². The van der Waals surface area contributed by atoms with E-state index < -0.39 is 0 Å². The van der Waals surface area contributed by atoms with E-state index in [1.807, 2.05) is 24.3 Å². The fourth-order valence-corrected chi connectivity index (χ4v) is 2.83. The highest BCUT2D eigenvalue weighted by Gasteiger charge is 2.17. The van der Waals surface area contributed by atoms with Crippen LogP contribution in [-0.2, 0) is 14.3 Å². The van der Waals surface area contributed by atoms with Gasteiger partial charge in [0.1, 0.15) is 0 Å². The van der Waals surface area contributed by atoms with Gasteiger partial charge in [-0.05, 0) is 31.0 Å². The molecule has 0 aromatic heterocycles. The van der Waals surface area contributed by atoms with Crippen LogP contribution in [0.2, 0.25) is 0 Å². The average Bonchev–Trinajstić information content (AvgIpc) is 2.98. The van der Waals surface area contributed by atoms with Crippen molar-refractivity contribution in [3.8, 4) is 0 Å². The number of halogens is 1. The molecule has 6 heteroatoms. The quantitative estimate of drug-likeness (QED) is 0.838. The summed E-state index contributed by atoms with van der Waals surface area (Å²) >= 11 is 3.39. The molecule has 2 amide bonds. The number of amides is 2. The summed E-state index contributed by atoms with van der Waals surface area (Å²) in [6.45, 7) is 3.20. The van der Waals surface area contributed by atoms with Gasteiger partial charge in [0.2, 0.25) is 11.8 Å². The minimum Gasteiger partial charge on any atom is -0.376 e. The summed E-state index contributed by atoms with van der Waals surface area (Å²) < 4.78 is 6.37. The highest BCUT2D eigenvalue weighted by Crippen LogP contribution is 2.20. The Bertz CT molecular complexity index is 530. The van der Waals surface area contributed by atoms with E-state index in [0.717, 1.165) is 29.6 Å². The maximum Gasteiger partial charge on any atom is 0.223 e. The third kappa shape index (κ3) is 5.10. The van der Waals surface area contributed by atoms with Gasteiger partial charge >= 0.3 is 0 Å². The van der Waals surface area contributed by atoms with Crippen molar-refractivity contribution in [1.82, 2.24) is 5.32 Å². The molecule has 1 N–H and O–H groups in total. The summed E-state index contributed by atoms with van der Waals surface area (Å²) in [4.78, 5) is 25.3. The van der Waals surface area contributed by atoms with Gasteiger partial charge in [0.05, 0.1) is 6.10 Å². The van der Waals surface area contributed by atoms with Gasteiger partial charge in [-0.1, -0.05) is 22.0 Å². The van der Waals surface area contributed by atoms with Crippen molar-refractivity contribution in [2.24, 2.45) is 0 Å². The summed E-state index contributed by atoms with van der Waals surface area (Å²) in [5, 5.41) is 2.87. The number of rotatable bonds is 6. The molecule has 2 rings (SSSR count). The largest absolute Gasteiger partial charge is 0.376 e. The van der Waals surface area contributed by atoms with Crippen LogP contribution < -0.4 is 10.2 Å². The number of carbonyl (C=O) groups is 2. The molecule has 120 valence electrons. The molecule has 1 aliphatic heterocycles. The summed E-state index contributed by atoms with van der Waals surface area (Å²) in [6.07, 6.45) is 2.47. The lowest BCUT2D eigenvalue weighted by molar-refractivity contribution is -0.121. The highest BCUT2D eigenvalue weighted by molar-refractivity contribution is 9.10. The van der Waals surface area contributed by atoms with Crippen molar-refractivity contribution in [2.45, 2.75) is 32.3 Å². The molecule has 0 spiro atoms. The van der Waals surface area contributed by atoms with Crippen LogP contribution in [0.15, 0.2) is 28.7 Å². The minimum atomic E-state index is -0.0787. The van der Waals surface area contributed by atoms with E-state index >= 15 is 0 Å². The molecule has 5 nitrogen and oxygen atoms in total. The third-order valence-corrected chi connectivity index (χ3v) is 4.11. The van der Waals surface area contributed by atoms with E-state index in [1.54, 1.807) is 4.90 Å². The number of hydrogen-bond donors (Lipinski definition) is 1. The summed E-state index contributed by atoms with van der Waals surface area (Å²) in [5.74, 6) is -0.137. The zero-order valence-electron chi connectivity index (χ0n) is 12.7. The Morgan fingerprint density at radius 3 is 2.91 bits per heavy atom. The van der Waals surface area contributed by atoms with Gasteiger partial charge in [-0.3, -0.25) is 9.59 Å². The normalized spacial score (nSPS) is 17.3. The van der Waals surface area contributed by atoms with E-state index in [4.69, 9.17) is 4.74 Å². The number of benzene rings is 1. The van der Waals surface area contributed by atoms with E-state index in [1.165, 1.54) is 6.92 Å². The van der Waals surface area contributed by atoms with Gasteiger partial charge in [0.25, 0.3) is 0 Å². The lowest BCUT2D eigenvalue weighted by atomic mass is 10.2. The van der Waals surface area contributed by atoms with Crippen molar-refractivity contribution < 1.29 is 14.3 Å². The number of nitrogens with one attached hydrogen (secondary N) is 1. The van der Waals surface area contributed by atoms with Crippen LogP contribution >= 0.6 is 15.9 Å². The lowest BCUT2D eigenvalue weighted by Crippen LogP contribution is -2.36. The van der Waals surface area contributed by atoms with E-state index in [-0.39, 0.29) is 24.3 Å². The maximum atomic E-state index is 11.9. The SMILES string of the molecule is CC(=O)N(CCC(=O)NCC1CCCO1)c1cccc(Br)c1. The molecular formula is C16H21BrN2O3. The Balaban J connectivity index is 1.83. The molecule has 1 saturated heterocycles. The Morgan fingerprint density at radius 2 is 2.27 bits per heavy atom. The van der Waals surface area contributed by atoms with Gasteiger partial charge in [-0.15, -0.1) is 0 Å². The standard InChI is InChI=1S/C16H21BrN2O3/c1-12(20)19(14-5-2-4-13(17)10-14)8-7-16(21)18-11-15-6-3-9-22-15/h2,4-5,10,15H,3,6-9,11H2,1H3,(H,18,21). The Morgan fingerprint density at radius 1 is 1.45 bits per heavy atom. The molecule has 1 heterocycles. The zero-order chi connectivity index (χ0) is 15.9. The number of nitrogens with zero attached hydrogens (tertiary/aromatic N) is 1. The van der Waals surface area contributed by atoms with Gasteiger partial charge in [0.15, 0.2) is 0 Å². The van der Waals surface area contributed by atoms with E-state index in [9.17, 15) is 9.59 Å². The molecular weight excluding hydrogens is 348 g/mol. The second kappa shape index (κ2) is 8.29. The molecule has 0 bridgehead atoms. The number of carbonyl (C=O) groups excluding carboxylic acids is 2. The Hall–Kier alpha value is -1.40. The molecule has 1 aromatic carbocycles. The monoisotopic (exact) mass is 368 g/mol. The average molecular weight is 369 g/mol. The Kier molecular flexibility index (Phi) is 6.39. The van der Waals surface area contributed by atoms with Crippen LogP contribution in [0.4, 0.5) is 5.69 Å². The summed E-state index contributed by atoms with van der Waals surface area (Å²) in [7, 11) is 0. The number of hydrogen-bond acceptors (Lipinski definition) is 3. The predicted molar refractivity (Wildman–Crippen MR) is 88.8 cm³/mol. The molecule has 1 atom stereocenters. The Labute approximate surface area is 139 Å². The molecule has 0 radical (unpaired) electrons. The van der Waals surface area contributed by atoms with Crippen LogP contribution in [0.5, 0.6) is 0 Å². The van der Waals surface area contributed by atoms with Crippen LogP contribution in [0.25, 0.3) is 0 Å². The summed E-state index contributed by atoms with van der Waals surface area (Å²) in [5.41, 5.74) is 0.786. The molecule has 1 aliphatic rings. The zero-order valence-corrected chi connectivity index (χ0v) is 14.3. The van der Waals surface area contributed by atoms with Crippen LogP contribution in [0.3, 0.4) is 0 Å². The van der Waals surface area contributed by atoms with Crippen molar-refractivity contribution >= 4 is 33.4 Å². The van der Waals surface area contributed by atoms with Crippen molar-refractivity contribution in [3.05, 3.63) is 28.7 Å². The highest BCUT2D eigenvalue weighted by atomic mass is 79.9. The first kappa shape index (κ1) is 17.0. The van der Waals surface area contributed by atoms with Crippen LogP contribution in [0.1, 0.15) is 26.2 Å². The first-order chi connectivity index (χ1) is 10.6.